The van der Waals surface area contributed by atoms with Gasteiger partial charge in [0.05, 0.1) is 12.8 Å². The van der Waals surface area contributed by atoms with Crippen molar-refractivity contribution < 1.29 is 13.2 Å². The maximum Gasteiger partial charge on any atom is 0.236 e. The van der Waals surface area contributed by atoms with Crippen LogP contribution in [0, 0.1) is 5.92 Å². The molecule has 0 spiro atoms. The average molecular weight is 331 g/mol. The molecule has 2 atom stereocenters. The Morgan fingerprint density at radius 1 is 1.18 bits per heavy atom. The van der Waals surface area contributed by atoms with E-state index in [9.17, 15) is 13.2 Å². The molecule has 0 radical (unpaired) electrons. The second-order valence-electron chi connectivity index (χ2n) is 6.68. The summed E-state index contributed by atoms with van der Waals surface area (Å²) < 4.78 is 25.8. The first-order valence-corrected chi connectivity index (χ1v) is 10.3. The van der Waals surface area contributed by atoms with E-state index in [0.717, 1.165) is 45.3 Å². The Morgan fingerprint density at radius 2 is 1.86 bits per heavy atom. The standard InChI is InChI=1S/C15H29N3O3S/c1-3-7-13-10-17(11-14(13)16-22(2,20)21)12-15(19)18-8-5-4-6-9-18/h13-14,16H,3-12H2,1-2H3. The van der Waals surface area contributed by atoms with Gasteiger partial charge in [-0.2, -0.15) is 0 Å². The smallest absolute Gasteiger partial charge is 0.236 e. The summed E-state index contributed by atoms with van der Waals surface area (Å²) in [6, 6.07) is -0.0656. The van der Waals surface area contributed by atoms with Crippen LogP contribution in [0.2, 0.25) is 0 Å². The van der Waals surface area contributed by atoms with Crippen molar-refractivity contribution in [3.63, 3.8) is 0 Å². The fourth-order valence-electron chi connectivity index (χ4n) is 3.60. The van der Waals surface area contributed by atoms with Gasteiger partial charge in [-0.15, -0.1) is 0 Å². The Bertz CT molecular complexity index is 474. The number of carbonyl (C=O) groups is 1. The molecule has 2 saturated heterocycles. The van der Waals surface area contributed by atoms with Crippen molar-refractivity contribution in [2.45, 2.75) is 45.1 Å². The van der Waals surface area contributed by atoms with Crippen LogP contribution in [0.1, 0.15) is 39.0 Å². The molecule has 2 rings (SSSR count). The van der Waals surface area contributed by atoms with Gasteiger partial charge >= 0.3 is 0 Å². The Kier molecular flexibility index (Phi) is 6.23. The zero-order valence-corrected chi connectivity index (χ0v) is 14.6. The Labute approximate surface area is 134 Å². The molecule has 0 aliphatic carbocycles. The normalized spacial score (nSPS) is 27.3. The van der Waals surface area contributed by atoms with E-state index in [1.54, 1.807) is 0 Å². The minimum Gasteiger partial charge on any atom is -0.342 e. The van der Waals surface area contributed by atoms with E-state index in [4.69, 9.17) is 0 Å². The van der Waals surface area contributed by atoms with Gasteiger partial charge in [0.25, 0.3) is 0 Å². The summed E-state index contributed by atoms with van der Waals surface area (Å²) in [4.78, 5) is 16.4. The number of nitrogens with zero attached hydrogens (tertiary/aromatic N) is 2. The third kappa shape index (κ3) is 5.21. The van der Waals surface area contributed by atoms with E-state index in [-0.39, 0.29) is 11.9 Å². The molecule has 128 valence electrons. The number of piperidine rings is 1. The molecular formula is C15H29N3O3S. The van der Waals surface area contributed by atoms with Gasteiger partial charge in [0.1, 0.15) is 0 Å². The third-order valence-electron chi connectivity index (χ3n) is 4.61. The highest BCUT2D eigenvalue weighted by Crippen LogP contribution is 2.22. The molecule has 6 nitrogen and oxygen atoms in total. The molecule has 0 bridgehead atoms. The average Bonchev–Trinajstić information content (AvgIpc) is 2.80. The summed E-state index contributed by atoms with van der Waals surface area (Å²) in [6.07, 6.45) is 6.64. The van der Waals surface area contributed by atoms with Crippen molar-refractivity contribution in [3.05, 3.63) is 0 Å². The number of likely N-dealkylation sites (tertiary alicyclic amines) is 2. The predicted molar refractivity (Wildman–Crippen MR) is 87.0 cm³/mol. The SMILES string of the molecule is CCCC1CN(CC(=O)N2CCCCC2)CC1NS(C)(=O)=O. The van der Waals surface area contributed by atoms with Crippen LogP contribution in [0.5, 0.6) is 0 Å². The molecule has 2 aliphatic heterocycles. The van der Waals surface area contributed by atoms with E-state index in [0.29, 0.717) is 19.0 Å². The van der Waals surface area contributed by atoms with Crippen LogP contribution in [-0.2, 0) is 14.8 Å². The minimum absolute atomic E-state index is 0.0656. The predicted octanol–water partition coefficient (Wildman–Crippen LogP) is 0.649. The van der Waals surface area contributed by atoms with Crippen LogP contribution in [0.25, 0.3) is 0 Å². The lowest BCUT2D eigenvalue weighted by Crippen LogP contribution is -2.43. The summed E-state index contributed by atoms with van der Waals surface area (Å²) in [6.45, 7) is 5.71. The topological polar surface area (TPSA) is 69.7 Å². The van der Waals surface area contributed by atoms with Gasteiger partial charge in [0.15, 0.2) is 0 Å². The number of hydrogen-bond acceptors (Lipinski definition) is 4. The summed E-state index contributed by atoms with van der Waals surface area (Å²) in [7, 11) is -3.20. The molecule has 0 aromatic carbocycles. The first kappa shape index (κ1) is 17.7. The summed E-state index contributed by atoms with van der Waals surface area (Å²) in [5, 5.41) is 0. The van der Waals surface area contributed by atoms with E-state index >= 15 is 0 Å². The molecule has 0 saturated carbocycles. The lowest BCUT2D eigenvalue weighted by Gasteiger charge is -2.28. The van der Waals surface area contributed by atoms with Gasteiger partial charge in [-0.25, -0.2) is 13.1 Å². The second kappa shape index (κ2) is 7.75. The van der Waals surface area contributed by atoms with Crippen LogP contribution < -0.4 is 4.72 Å². The molecule has 2 unspecified atom stereocenters. The number of amides is 1. The van der Waals surface area contributed by atoms with Gasteiger partial charge in [-0.05, 0) is 31.6 Å². The quantitative estimate of drug-likeness (QED) is 0.776. The fraction of sp³-hybridized carbons (Fsp3) is 0.933. The van der Waals surface area contributed by atoms with Gasteiger partial charge < -0.3 is 4.90 Å². The molecule has 7 heteroatoms. The zero-order chi connectivity index (χ0) is 16.2. The highest BCUT2D eigenvalue weighted by atomic mass is 32.2. The monoisotopic (exact) mass is 331 g/mol. The van der Waals surface area contributed by atoms with Crippen molar-refractivity contribution in [1.82, 2.24) is 14.5 Å². The lowest BCUT2D eigenvalue weighted by atomic mass is 9.99. The lowest BCUT2D eigenvalue weighted by molar-refractivity contribution is -0.133. The molecule has 22 heavy (non-hydrogen) atoms. The molecule has 1 N–H and O–H groups in total. The van der Waals surface area contributed by atoms with Crippen LogP contribution in [0.3, 0.4) is 0 Å². The molecule has 2 heterocycles. The summed E-state index contributed by atoms with van der Waals surface area (Å²) in [5.41, 5.74) is 0. The van der Waals surface area contributed by atoms with E-state index in [1.807, 2.05) is 4.90 Å². The molecular weight excluding hydrogens is 302 g/mol. The first-order chi connectivity index (χ1) is 10.4. The highest BCUT2D eigenvalue weighted by molar-refractivity contribution is 7.88. The molecule has 0 aromatic rings. The Balaban J connectivity index is 1.90. The van der Waals surface area contributed by atoms with Crippen LogP contribution >= 0.6 is 0 Å². The molecule has 1 amide bonds. The van der Waals surface area contributed by atoms with Gasteiger partial charge in [0.2, 0.25) is 15.9 Å². The van der Waals surface area contributed by atoms with Gasteiger partial charge in [0, 0.05) is 32.2 Å². The number of hydrogen-bond donors (Lipinski definition) is 1. The summed E-state index contributed by atoms with van der Waals surface area (Å²) >= 11 is 0. The third-order valence-corrected chi connectivity index (χ3v) is 5.34. The van der Waals surface area contributed by atoms with Gasteiger partial charge in [-0.3, -0.25) is 9.69 Å². The van der Waals surface area contributed by atoms with Crippen LogP contribution in [0.15, 0.2) is 0 Å². The zero-order valence-electron chi connectivity index (χ0n) is 13.8. The first-order valence-electron chi connectivity index (χ1n) is 8.36. The van der Waals surface area contributed by atoms with Gasteiger partial charge in [-0.1, -0.05) is 13.3 Å². The fourth-order valence-corrected chi connectivity index (χ4v) is 4.41. The summed E-state index contributed by atoms with van der Waals surface area (Å²) in [5.74, 6) is 0.490. The van der Waals surface area contributed by atoms with Crippen LogP contribution in [-0.4, -0.2) is 69.1 Å². The maximum absolute atomic E-state index is 12.4. The number of carbonyl (C=O) groups excluding carboxylic acids is 1. The van der Waals surface area contributed by atoms with E-state index in [1.165, 1.54) is 12.7 Å². The molecule has 2 aliphatic rings. The number of rotatable bonds is 6. The molecule has 0 aromatic heterocycles. The van der Waals surface area contributed by atoms with E-state index in [2.05, 4.69) is 16.5 Å². The number of nitrogens with one attached hydrogen (secondary N) is 1. The van der Waals surface area contributed by atoms with Crippen molar-refractivity contribution in [1.29, 1.82) is 0 Å². The van der Waals surface area contributed by atoms with E-state index < -0.39 is 10.0 Å². The van der Waals surface area contributed by atoms with Crippen molar-refractivity contribution >= 4 is 15.9 Å². The van der Waals surface area contributed by atoms with Crippen molar-refractivity contribution in [2.75, 3.05) is 39.0 Å². The van der Waals surface area contributed by atoms with Crippen molar-refractivity contribution in [2.24, 2.45) is 5.92 Å². The Hall–Kier alpha value is -0.660. The minimum atomic E-state index is -3.20. The number of sulfonamides is 1. The Morgan fingerprint density at radius 3 is 2.45 bits per heavy atom. The highest BCUT2D eigenvalue weighted by Gasteiger charge is 2.35. The largest absolute Gasteiger partial charge is 0.342 e. The maximum atomic E-state index is 12.4. The van der Waals surface area contributed by atoms with Crippen LogP contribution in [0.4, 0.5) is 0 Å². The van der Waals surface area contributed by atoms with Crippen molar-refractivity contribution in [3.8, 4) is 0 Å². The second-order valence-corrected chi connectivity index (χ2v) is 8.46. The molecule has 2 fully saturated rings.